The first-order valence-electron chi connectivity index (χ1n) is 21.4. The third kappa shape index (κ3) is 13.1. The highest BCUT2D eigenvalue weighted by molar-refractivity contribution is 6.47. The lowest BCUT2D eigenvalue weighted by Gasteiger charge is -2.64. The number of aliphatic hydroxyl groups excluding tert-OH is 2. The van der Waals surface area contributed by atoms with E-state index >= 15 is 0 Å². The summed E-state index contributed by atoms with van der Waals surface area (Å²) in [7, 11) is -0.607. The predicted molar refractivity (Wildman–Crippen MR) is 215 cm³/mol. The van der Waals surface area contributed by atoms with E-state index in [9.17, 15) is 29.4 Å². The lowest BCUT2D eigenvalue weighted by Crippen LogP contribution is -2.65. The molecule has 4 aliphatic rings. The van der Waals surface area contributed by atoms with Crippen molar-refractivity contribution in [1.29, 1.82) is 0 Å². The van der Waals surface area contributed by atoms with Gasteiger partial charge in [-0.15, -0.1) is 0 Å². The Balaban J connectivity index is 1.44. The van der Waals surface area contributed by atoms with Crippen LogP contribution in [0.2, 0.25) is 0 Å². The van der Waals surface area contributed by atoms with Crippen molar-refractivity contribution in [3.63, 3.8) is 0 Å². The molecular formula is C40H75BN6O8. The minimum Gasteiger partial charge on any atom is -0.404 e. The van der Waals surface area contributed by atoms with Crippen LogP contribution in [0.4, 0.5) is 0 Å². The summed E-state index contributed by atoms with van der Waals surface area (Å²) in [5.74, 6) is -1.85. The molecule has 316 valence electrons. The average Bonchev–Trinajstić information content (AvgIpc) is 3.51. The zero-order valence-electron chi connectivity index (χ0n) is 35.1. The Hall–Kier alpha value is -2.30. The van der Waals surface area contributed by atoms with Crippen LogP contribution in [-0.2, 0) is 28.5 Å². The molecule has 4 fully saturated rings. The van der Waals surface area contributed by atoms with Crippen LogP contribution in [-0.4, -0.2) is 115 Å². The van der Waals surface area contributed by atoms with E-state index in [4.69, 9.17) is 9.31 Å². The van der Waals surface area contributed by atoms with Crippen molar-refractivity contribution in [2.45, 2.75) is 187 Å². The molecule has 1 aliphatic heterocycles. The molecule has 0 aromatic heterocycles. The van der Waals surface area contributed by atoms with Gasteiger partial charge >= 0.3 is 7.12 Å². The Labute approximate surface area is 331 Å². The van der Waals surface area contributed by atoms with E-state index in [-0.39, 0.29) is 17.4 Å². The van der Waals surface area contributed by atoms with E-state index in [2.05, 4.69) is 59.6 Å². The Kier molecular flexibility index (Phi) is 19.3. The summed E-state index contributed by atoms with van der Waals surface area (Å²) in [5.41, 5.74) is -0.213. The van der Waals surface area contributed by atoms with Gasteiger partial charge in [-0.05, 0) is 77.2 Å². The molecule has 10 unspecified atom stereocenters. The summed E-state index contributed by atoms with van der Waals surface area (Å²) in [4.78, 5) is 53.1. The minimum absolute atomic E-state index is 0.0220. The number of unbranched alkanes of at least 4 members (excludes halogenated alkanes) is 8. The number of aliphatic hydroxyl groups is 2. The number of nitrogens with one attached hydrogen (secondary N) is 6. The summed E-state index contributed by atoms with van der Waals surface area (Å²) >= 11 is 0. The normalized spacial score (nSPS) is 25.7. The molecule has 3 aliphatic carbocycles. The molecule has 4 rings (SSSR count). The quantitative estimate of drug-likeness (QED) is 0.0453. The van der Waals surface area contributed by atoms with Crippen molar-refractivity contribution in [2.75, 3.05) is 26.2 Å². The Morgan fingerprint density at radius 2 is 1.38 bits per heavy atom. The number of carbonyl (C=O) groups is 4. The van der Waals surface area contributed by atoms with Crippen molar-refractivity contribution in [3.05, 3.63) is 0 Å². The van der Waals surface area contributed by atoms with Crippen molar-refractivity contribution >= 4 is 30.7 Å². The van der Waals surface area contributed by atoms with Gasteiger partial charge in [-0.1, -0.05) is 85.5 Å². The van der Waals surface area contributed by atoms with E-state index in [0.29, 0.717) is 37.8 Å². The maximum Gasteiger partial charge on any atom is 0.481 e. The maximum atomic E-state index is 13.5. The number of rotatable bonds is 27. The van der Waals surface area contributed by atoms with Gasteiger partial charge in [-0.25, -0.2) is 0 Å². The molecular weight excluding hydrogens is 703 g/mol. The van der Waals surface area contributed by atoms with Gasteiger partial charge in [0.2, 0.25) is 23.6 Å². The van der Waals surface area contributed by atoms with Crippen LogP contribution < -0.4 is 31.9 Å². The van der Waals surface area contributed by atoms with Crippen LogP contribution in [0.1, 0.15) is 139 Å². The zero-order valence-corrected chi connectivity index (χ0v) is 35.1. The highest BCUT2D eigenvalue weighted by Crippen LogP contribution is 2.65. The van der Waals surface area contributed by atoms with Crippen molar-refractivity contribution in [2.24, 2.45) is 17.3 Å². The van der Waals surface area contributed by atoms with Gasteiger partial charge in [-0.3, -0.25) is 19.2 Å². The second kappa shape index (κ2) is 22.6. The van der Waals surface area contributed by atoms with Crippen molar-refractivity contribution in [1.82, 2.24) is 31.9 Å². The Morgan fingerprint density at radius 3 is 2.00 bits per heavy atom. The van der Waals surface area contributed by atoms with E-state index in [0.717, 1.165) is 32.2 Å². The van der Waals surface area contributed by atoms with Crippen molar-refractivity contribution < 1.29 is 38.7 Å². The van der Waals surface area contributed by atoms with E-state index in [1.807, 2.05) is 13.8 Å². The molecule has 10 atom stereocenters. The Morgan fingerprint density at radius 1 is 0.745 bits per heavy atom. The van der Waals surface area contributed by atoms with Crippen LogP contribution in [0, 0.1) is 17.3 Å². The zero-order chi connectivity index (χ0) is 40.8. The number of hydrogen-bond donors (Lipinski definition) is 8. The van der Waals surface area contributed by atoms with Gasteiger partial charge in [0, 0.05) is 13.1 Å². The summed E-state index contributed by atoms with van der Waals surface area (Å²) in [6.45, 7) is 17.0. The fourth-order valence-corrected chi connectivity index (χ4v) is 8.59. The summed E-state index contributed by atoms with van der Waals surface area (Å²) in [6, 6.07) is -4.33. The van der Waals surface area contributed by atoms with Crippen LogP contribution in [0.25, 0.3) is 0 Å². The molecule has 4 amide bonds. The molecule has 0 radical (unpaired) electrons. The smallest absolute Gasteiger partial charge is 0.404 e. The standard InChI is InChI=1S/C40H75BN6O8/c1-9-11-13-14-15-16-17-18-20-42-21-22-43-31(25-48)37(52)47-34(27(4)49)38(53)44-26(3)35(50)46-30(19-12-10-2)36(51)45-28(5)41-54-33-24-29-23-32(39(29,6)7)40(33,8)55-41/h26-34,42-43,48-49H,9-25H2,1-8H3,(H,44,53)(H,45,51)(H,46,50)(H,47,52). The molecule has 0 spiro atoms. The fourth-order valence-electron chi connectivity index (χ4n) is 8.59. The Bertz CT molecular complexity index is 1230. The second-order valence-electron chi connectivity index (χ2n) is 17.2. The lowest BCUT2D eigenvalue weighted by molar-refractivity contribution is -0.199. The van der Waals surface area contributed by atoms with Gasteiger partial charge in [0.05, 0.1) is 30.4 Å². The van der Waals surface area contributed by atoms with E-state index in [1.54, 1.807) is 0 Å². The lowest BCUT2D eigenvalue weighted by atomic mass is 9.43. The van der Waals surface area contributed by atoms with Crippen LogP contribution >= 0.6 is 0 Å². The SMILES string of the molecule is CCCCCCCCCCNCCNC(CO)C(=O)NC(C(=O)NC(C)C(=O)NC(CCCC)C(=O)NC(C)B1OC2CC3CC(C3(C)C)C2(C)O1)C(C)O. The van der Waals surface area contributed by atoms with Crippen LogP contribution in [0.5, 0.6) is 0 Å². The van der Waals surface area contributed by atoms with Crippen LogP contribution in [0.3, 0.4) is 0 Å². The molecule has 0 aromatic carbocycles. The molecule has 3 saturated carbocycles. The number of carbonyl (C=O) groups excluding carboxylic acids is 4. The largest absolute Gasteiger partial charge is 0.481 e. The molecule has 8 N–H and O–H groups in total. The first-order valence-corrected chi connectivity index (χ1v) is 21.4. The molecule has 14 nitrogen and oxygen atoms in total. The molecule has 1 heterocycles. The maximum absolute atomic E-state index is 13.5. The third-order valence-electron chi connectivity index (χ3n) is 12.4. The molecule has 2 bridgehead atoms. The highest BCUT2D eigenvalue weighted by atomic mass is 16.7. The first kappa shape index (κ1) is 47.1. The minimum atomic E-state index is -1.38. The molecule has 15 heteroatoms. The van der Waals surface area contributed by atoms with Crippen molar-refractivity contribution in [3.8, 4) is 0 Å². The average molecular weight is 779 g/mol. The third-order valence-corrected chi connectivity index (χ3v) is 12.4. The van der Waals surface area contributed by atoms with Gasteiger partial charge < -0.3 is 51.4 Å². The summed E-state index contributed by atoms with van der Waals surface area (Å²) in [5, 5.41) is 37.4. The number of hydrogen-bond acceptors (Lipinski definition) is 10. The second-order valence-corrected chi connectivity index (χ2v) is 17.2. The van der Waals surface area contributed by atoms with Gasteiger partial charge in [-0.2, -0.15) is 0 Å². The van der Waals surface area contributed by atoms with Gasteiger partial charge in [0.15, 0.2) is 0 Å². The van der Waals surface area contributed by atoms with Gasteiger partial charge in [0.25, 0.3) is 0 Å². The number of amides is 4. The van der Waals surface area contributed by atoms with E-state index in [1.165, 1.54) is 58.8 Å². The van der Waals surface area contributed by atoms with Gasteiger partial charge in [0.1, 0.15) is 24.2 Å². The molecule has 1 saturated heterocycles. The van der Waals surface area contributed by atoms with Crippen LogP contribution in [0.15, 0.2) is 0 Å². The highest BCUT2D eigenvalue weighted by Gasteiger charge is 2.68. The molecule has 55 heavy (non-hydrogen) atoms. The fraction of sp³-hybridized carbons (Fsp3) is 0.900. The van der Waals surface area contributed by atoms with E-state index < -0.39 is 73.3 Å². The monoisotopic (exact) mass is 779 g/mol. The molecule has 0 aromatic rings. The topological polar surface area (TPSA) is 199 Å². The summed E-state index contributed by atoms with van der Waals surface area (Å²) in [6.07, 6.45) is 12.6. The first-order chi connectivity index (χ1) is 26.1. The predicted octanol–water partition coefficient (Wildman–Crippen LogP) is 2.48. The summed E-state index contributed by atoms with van der Waals surface area (Å²) < 4.78 is 12.9.